The SMILES string of the molecule is Oc1ccc2c(c1)CCC2NCc1cc(Br)cs1. The van der Waals surface area contributed by atoms with Crippen molar-refractivity contribution in [2.24, 2.45) is 0 Å². The molecule has 1 aliphatic rings. The molecular weight excluding hydrogens is 310 g/mol. The van der Waals surface area contributed by atoms with Gasteiger partial charge in [0.15, 0.2) is 0 Å². The summed E-state index contributed by atoms with van der Waals surface area (Å²) < 4.78 is 1.15. The number of aryl methyl sites for hydroxylation is 1. The average Bonchev–Trinajstić information content (AvgIpc) is 2.92. The average molecular weight is 324 g/mol. The first-order valence-electron chi connectivity index (χ1n) is 6.00. The highest BCUT2D eigenvalue weighted by Crippen LogP contribution is 2.33. The van der Waals surface area contributed by atoms with Crippen molar-refractivity contribution in [3.8, 4) is 5.75 Å². The predicted octanol–water partition coefficient (Wildman–Crippen LogP) is 3.99. The summed E-state index contributed by atoms with van der Waals surface area (Å²) in [6.45, 7) is 0.904. The molecule has 0 aliphatic heterocycles. The lowest BCUT2D eigenvalue weighted by Crippen LogP contribution is -2.17. The molecule has 0 fully saturated rings. The number of hydrogen-bond acceptors (Lipinski definition) is 3. The van der Waals surface area contributed by atoms with Crippen LogP contribution in [0, 0.1) is 0 Å². The first-order valence-corrected chi connectivity index (χ1v) is 7.68. The molecule has 0 spiro atoms. The number of hydrogen-bond donors (Lipinski definition) is 2. The van der Waals surface area contributed by atoms with Gasteiger partial charge in [-0.15, -0.1) is 11.3 Å². The fraction of sp³-hybridized carbons (Fsp3) is 0.286. The maximum Gasteiger partial charge on any atom is 0.115 e. The first-order chi connectivity index (χ1) is 8.72. The highest BCUT2D eigenvalue weighted by atomic mass is 79.9. The number of nitrogens with one attached hydrogen (secondary N) is 1. The van der Waals surface area contributed by atoms with Crippen LogP contribution in [0.4, 0.5) is 0 Å². The molecule has 0 saturated heterocycles. The number of fused-ring (bicyclic) bond motifs is 1. The third kappa shape index (κ3) is 2.46. The van der Waals surface area contributed by atoms with Gasteiger partial charge in [0, 0.05) is 27.3 Å². The van der Waals surface area contributed by atoms with Gasteiger partial charge in [-0.3, -0.25) is 0 Å². The zero-order chi connectivity index (χ0) is 12.5. The van der Waals surface area contributed by atoms with Crippen molar-refractivity contribution in [3.05, 3.63) is 50.1 Å². The second-order valence-electron chi connectivity index (χ2n) is 4.59. The molecule has 18 heavy (non-hydrogen) atoms. The van der Waals surface area contributed by atoms with Crippen LogP contribution in [0.5, 0.6) is 5.75 Å². The van der Waals surface area contributed by atoms with Crippen LogP contribution in [0.25, 0.3) is 0 Å². The Morgan fingerprint density at radius 1 is 1.39 bits per heavy atom. The molecule has 0 radical (unpaired) electrons. The summed E-state index contributed by atoms with van der Waals surface area (Å²) in [7, 11) is 0. The van der Waals surface area contributed by atoms with E-state index in [9.17, 15) is 5.11 Å². The van der Waals surface area contributed by atoms with E-state index in [4.69, 9.17) is 0 Å². The second kappa shape index (κ2) is 5.03. The van der Waals surface area contributed by atoms with Gasteiger partial charge in [0.2, 0.25) is 0 Å². The van der Waals surface area contributed by atoms with E-state index in [0.29, 0.717) is 11.8 Å². The van der Waals surface area contributed by atoms with Crippen molar-refractivity contribution < 1.29 is 5.11 Å². The van der Waals surface area contributed by atoms with E-state index >= 15 is 0 Å². The van der Waals surface area contributed by atoms with Crippen molar-refractivity contribution in [2.45, 2.75) is 25.4 Å². The summed E-state index contributed by atoms with van der Waals surface area (Å²) in [6, 6.07) is 8.28. The number of benzene rings is 1. The van der Waals surface area contributed by atoms with Gasteiger partial charge in [-0.1, -0.05) is 6.07 Å². The second-order valence-corrected chi connectivity index (χ2v) is 6.50. The Balaban J connectivity index is 1.69. The van der Waals surface area contributed by atoms with Crippen molar-refractivity contribution in [1.29, 1.82) is 0 Å². The number of aromatic hydroxyl groups is 1. The molecule has 1 atom stereocenters. The van der Waals surface area contributed by atoms with E-state index in [-0.39, 0.29) is 0 Å². The summed E-state index contributed by atoms with van der Waals surface area (Å²) in [4.78, 5) is 1.34. The smallest absolute Gasteiger partial charge is 0.115 e. The molecule has 4 heteroatoms. The van der Waals surface area contributed by atoms with Crippen LogP contribution in [-0.2, 0) is 13.0 Å². The third-order valence-electron chi connectivity index (χ3n) is 3.35. The molecule has 94 valence electrons. The van der Waals surface area contributed by atoms with Gasteiger partial charge in [-0.25, -0.2) is 0 Å². The molecule has 3 rings (SSSR count). The van der Waals surface area contributed by atoms with E-state index in [1.807, 2.05) is 12.1 Å². The summed E-state index contributed by atoms with van der Waals surface area (Å²) >= 11 is 5.24. The summed E-state index contributed by atoms with van der Waals surface area (Å²) in [5.74, 6) is 0.372. The summed E-state index contributed by atoms with van der Waals surface area (Å²) in [5.41, 5.74) is 2.61. The zero-order valence-corrected chi connectivity index (χ0v) is 12.2. The van der Waals surface area contributed by atoms with Gasteiger partial charge in [0.25, 0.3) is 0 Å². The Kier molecular flexibility index (Phi) is 3.41. The van der Waals surface area contributed by atoms with Gasteiger partial charge in [-0.05, 0) is 58.1 Å². The van der Waals surface area contributed by atoms with Gasteiger partial charge in [0.05, 0.1) is 0 Å². The van der Waals surface area contributed by atoms with Crippen LogP contribution in [-0.4, -0.2) is 5.11 Å². The van der Waals surface area contributed by atoms with Gasteiger partial charge >= 0.3 is 0 Å². The lowest BCUT2D eigenvalue weighted by atomic mass is 10.1. The lowest BCUT2D eigenvalue weighted by Gasteiger charge is -2.13. The molecular formula is C14H14BrNOS. The molecule has 1 heterocycles. The van der Waals surface area contributed by atoms with Crippen molar-refractivity contribution in [1.82, 2.24) is 5.32 Å². The van der Waals surface area contributed by atoms with Crippen LogP contribution in [0.2, 0.25) is 0 Å². The van der Waals surface area contributed by atoms with Gasteiger partial charge < -0.3 is 10.4 Å². The minimum absolute atomic E-state index is 0.372. The Morgan fingerprint density at radius 3 is 3.06 bits per heavy atom. The molecule has 2 aromatic rings. The Bertz CT molecular complexity index is 567. The maximum absolute atomic E-state index is 9.47. The molecule has 2 N–H and O–H groups in total. The highest BCUT2D eigenvalue weighted by molar-refractivity contribution is 9.10. The summed E-state index contributed by atoms with van der Waals surface area (Å²) in [6.07, 6.45) is 2.17. The molecule has 1 unspecified atom stereocenters. The monoisotopic (exact) mass is 323 g/mol. The number of thiophene rings is 1. The number of halogens is 1. The van der Waals surface area contributed by atoms with Gasteiger partial charge in [0.1, 0.15) is 5.75 Å². The fourth-order valence-corrected chi connectivity index (χ4v) is 3.89. The Hall–Kier alpha value is -0.840. The number of phenols is 1. The Morgan fingerprint density at radius 2 is 2.28 bits per heavy atom. The third-order valence-corrected chi connectivity index (χ3v) is 5.05. The van der Waals surface area contributed by atoms with Crippen LogP contribution in [0.3, 0.4) is 0 Å². The Labute approximate surface area is 119 Å². The van der Waals surface area contributed by atoms with E-state index in [1.54, 1.807) is 17.4 Å². The zero-order valence-electron chi connectivity index (χ0n) is 9.82. The van der Waals surface area contributed by atoms with Gasteiger partial charge in [-0.2, -0.15) is 0 Å². The first kappa shape index (κ1) is 12.2. The predicted molar refractivity (Wildman–Crippen MR) is 78.0 cm³/mol. The van der Waals surface area contributed by atoms with E-state index in [0.717, 1.165) is 23.9 Å². The van der Waals surface area contributed by atoms with Crippen LogP contribution >= 0.6 is 27.3 Å². The minimum Gasteiger partial charge on any atom is -0.508 e. The number of rotatable bonds is 3. The maximum atomic E-state index is 9.47. The van der Waals surface area contributed by atoms with E-state index in [1.165, 1.54) is 16.0 Å². The highest BCUT2D eigenvalue weighted by Gasteiger charge is 2.22. The molecule has 1 aromatic heterocycles. The van der Waals surface area contributed by atoms with Crippen LogP contribution in [0.15, 0.2) is 34.1 Å². The number of phenolic OH excluding ortho intramolecular Hbond substituents is 1. The fourth-order valence-electron chi connectivity index (χ4n) is 2.49. The topological polar surface area (TPSA) is 32.3 Å². The van der Waals surface area contributed by atoms with E-state index in [2.05, 4.69) is 32.7 Å². The van der Waals surface area contributed by atoms with Crippen molar-refractivity contribution in [3.63, 3.8) is 0 Å². The minimum atomic E-state index is 0.372. The van der Waals surface area contributed by atoms with E-state index < -0.39 is 0 Å². The van der Waals surface area contributed by atoms with Crippen molar-refractivity contribution >= 4 is 27.3 Å². The largest absolute Gasteiger partial charge is 0.508 e. The summed E-state index contributed by atoms with van der Waals surface area (Å²) in [5, 5.41) is 15.2. The van der Waals surface area contributed by atoms with Crippen LogP contribution < -0.4 is 5.32 Å². The quantitative estimate of drug-likeness (QED) is 0.895. The molecule has 0 saturated carbocycles. The standard InChI is InChI=1S/C14H14BrNOS/c15-10-6-12(18-8-10)7-16-14-4-1-9-5-11(17)2-3-13(9)14/h2-3,5-6,8,14,16-17H,1,4,7H2. The molecule has 0 amide bonds. The molecule has 1 aliphatic carbocycles. The molecule has 1 aromatic carbocycles. The molecule has 2 nitrogen and oxygen atoms in total. The van der Waals surface area contributed by atoms with Crippen molar-refractivity contribution in [2.75, 3.05) is 0 Å². The molecule has 0 bridgehead atoms. The lowest BCUT2D eigenvalue weighted by molar-refractivity contribution is 0.474. The van der Waals surface area contributed by atoms with Crippen LogP contribution in [0.1, 0.15) is 28.5 Å². The normalized spacial score (nSPS) is 17.9.